The van der Waals surface area contributed by atoms with E-state index in [2.05, 4.69) is 16.6 Å². The second-order valence-corrected chi connectivity index (χ2v) is 6.33. The zero-order valence-electron chi connectivity index (χ0n) is 13.7. The van der Waals surface area contributed by atoms with Gasteiger partial charge in [0.05, 0.1) is 6.54 Å². The maximum absolute atomic E-state index is 12.2. The molecule has 8 heteroatoms. The standard InChI is InChI=1S/C17H19ClN2O4S/c1-3-9-19-15(21)11-24-17(23)14(8-10-25-2)20-16(22)12-4-6-13(18)7-5-12/h1,4-7,14H,8-11H2,2H3,(H,19,21)(H,20,22)/t14-/m0/s1. The lowest BCUT2D eigenvalue weighted by molar-refractivity contribution is -0.150. The van der Waals surface area contributed by atoms with Gasteiger partial charge in [0.25, 0.3) is 11.8 Å². The Balaban J connectivity index is 2.64. The molecular weight excluding hydrogens is 364 g/mol. The van der Waals surface area contributed by atoms with E-state index in [0.29, 0.717) is 22.8 Å². The van der Waals surface area contributed by atoms with Crippen molar-refractivity contribution in [1.82, 2.24) is 10.6 Å². The fourth-order valence-corrected chi connectivity index (χ4v) is 2.36. The minimum atomic E-state index is -0.851. The van der Waals surface area contributed by atoms with E-state index < -0.39 is 30.4 Å². The monoisotopic (exact) mass is 382 g/mol. The van der Waals surface area contributed by atoms with Crippen molar-refractivity contribution >= 4 is 41.1 Å². The predicted molar refractivity (Wildman–Crippen MR) is 98.5 cm³/mol. The average molecular weight is 383 g/mol. The Morgan fingerprint density at radius 2 is 2.00 bits per heavy atom. The summed E-state index contributed by atoms with van der Waals surface area (Å²) in [6.07, 6.45) is 7.29. The molecule has 0 aliphatic carbocycles. The maximum Gasteiger partial charge on any atom is 0.329 e. The number of carbonyl (C=O) groups excluding carboxylic acids is 3. The summed E-state index contributed by atoms with van der Waals surface area (Å²) in [6.45, 7) is -0.396. The first-order valence-electron chi connectivity index (χ1n) is 7.40. The topological polar surface area (TPSA) is 84.5 Å². The first-order valence-corrected chi connectivity index (χ1v) is 9.17. The van der Waals surface area contributed by atoms with Crippen LogP contribution in [0.5, 0.6) is 0 Å². The molecule has 6 nitrogen and oxygen atoms in total. The number of halogens is 1. The Kier molecular flexibility index (Phi) is 9.51. The fraction of sp³-hybridized carbons (Fsp3) is 0.353. The van der Waals surface area contributed by atoms with Crippen LogP contribution in [-0.2, 0) is 14.3 Å². The fourth-order valence-electron chi connectivity index (χ4n) is 1.77. The summed E-state index contributed by atoms with van der Waals surface area (Å²) in [6, 6.07) is 5.43. The Morgan fingerprint density at radius 1 is 1.32 bits per heavy atom. The first-order chi connectivity index (χ1) is 12.0. The highest BCUT2D eigenvalue weighted by Gasteiger charge is 2.23. The molecule has 0 aliphatic heterocycles. The van der Waals surface area contributed by atoms with Crippen LogP contribution in [0.15, 0.2) is 24.3 Å². The Bertz CT molecular complexity index is 643. The van der Waals surface area contributed by atoms with Crippen LogP contribution in [0.3, 0.4) is 0 Å². The zero-order valence-corrected chi connectivity index (χ0v) is 15.3. The zero-order chi connectivity index (χ0) is 18.7. The third-order valence-corrected chi connectivity index (χ3v) is 3.94. The third-order valence-electron chi connectivity index (χ3n) is 3.04. The molecule has 0 heterocycles. The van der Waals surface area contributed by atoms with Crippen molar-refractivity contribution in [2.75, 3.05) is 25.2 Å². The minimum Gasteiger partial charge on any atom is -0.454 e. The van der Waals surface area contributed by atoms with Gasteiger partial charge in [-0.1, -0.05) is 17.5 Å². The molecule has 1 atom stereocenters. The highest BCUT2D eigenvalue weighted by molar-refractivity contribution is 7.98. The average Bonchev–Trinajstić information content (AvgIpc) is 2.61. The number of esters is 1. The number of thioether (sulfide) groups is 1. The van der Waals surface area contributed by atoms with Crippen LogP contribution >= 0.6 is 23.4 Å². The first kappa shape index (κ1) is 20.9. The van der Waals surface area contributed by atoms with Crippen LogP contribution in [0.25, 0.3) is 0 Å². The van der Waals surface area contributed by atoms with Crippen LogP contribution in [-0.4, -0.2) is 49.0 Å². The van der Waals surface area contributed by atoms with E-state index in [1.54, 1.807) is 24.3 Å². The van der Waals surface area contributed by atoms with Gasteiger partial charge in [-0.25, -0.2) is 4.79 Å². The van der Waals surface area contributed by atoms with E-state index in [1.807, 2.05) is 6.26 Å². The van der Waals surface area contributed by atoms with Crippen molar-refractivity contribution in [3.05, 3.63) is 34.9 Å². The summed E-state index contributed by atoms with van der Waals surface area (Å²) in [5.41, 5.74) is 0.373. The Morgan fingerprint density at radius 3 is 2.60 bits per heavy atom. The molecule has 25 heavy (non-hydrogen) atoms. The summed E-state index contributed by atoms with van der Waals surface area (Å²) in [4.78, 5) is 35.8. The van der Waals surface area contributed by atoms with Gasteiger partial charge in [0.15, 0.2) is 6.61 Å². The number of nitrogens with one attached hydrogen (secondary N) is 2. The molecule has 0 radical (unpaired) electrons. The van der Waals surface area contributed by atoms with E-state index in [-0.39, 0.29) is 6.54 Å². The minimum absolute atomic E-state index is 0.0551. The summed E-state index contributed by atoms with van der Waals surface area (Å²) in [7, 11) is 0. The molecule has 1 aromatic carbocycles. The molecule has 1 aromatic rings. The molecule has 2 amide bonds. The highest BCUT2D eigenvalue weighted by atomic mass is 35.5. The van der Waals surface area contributed by atoms with Crippen LogP contribution in [0.2, 0.25) is 5.02 Å². The molecule has 0 fully saturated rings. The molecule has 134 valence electrons. The molecule has 0 spiro atoms. The molecule has 0 bridgehead atoms. The summed E-state index contributed by atoms with van der Waals surface area (Å²) in [5, 5.41) is 5.51. The van der Waals surface area contributed by atoms with Gasteiger partial charge in [-0.2, -0.15) is 11.8 Å². The number of hydrogen-bond donors (Lipinski definition) is 2. The van der Waals surface area contributed by atoms with Gasteiger partial charge in [0.2, 0.25) is 0 Å². The molecule has 2 N–H and O–H groups in total. The Hall–Kier alpha value is -2.17. The van der Waals surface area contributed by atoms with Gasteiger partial charge in [-0.15, -0.1) is 6.42 Å². The normalized spacial score (nSPS) is 11.1. The van der Waals surface area contributed by atoms with Crippen molar-refractivity contribution in [2.45, 2.75) is 12.5 Å². The number of terminal acetylenes is 1. The van der Waals surface area contributed by atoms with Crippen molar-refractivity contribution < 1.29 is 19.1 Å². The largest absolute Gasteiger partial charge is 0.454 e. The number of carbonyl (C=O) groups is 3. The number of hydrogen-bond acceptors (Lipinski definition) is 5. The van der Waals surface area contributed by atoms with Crippen LogP contribution < -0.4 is 10.6 Å². The lowest BCUT2D eigenvalue weighted by Crippen LogP contribution is -2.43. The number of amides is 2. The summed E-state index contributed by atoms with van der Waals surface area (Å²) >= 11 is 7.32. The van der Waals surface area contributed by atoms with Crippen molar-refractivity contribution in [3.8, 4) is 12.3 Å². The van der Waals surface area contributed by atoms with Crippen molar-refractivity contribution in [1.29, 1.82) is 0 Å². The number of rotatable bonds is 9. The van der Waals surface area contributed by atoms with Gasteiger partial charge in [0, 0.05) is 10.6 Å². The maximum atomic E-state index is 12.2. The summed E-state index contributed by atoms with van der Waals surface area (Å²) < 4.78 is 4.95. The van der Waals surface area contributed by atoms with Gasteiger partial charge in [-0.3, -0.25) is 9.59 Å². The van der Waals surface area contributed by atoms with E-state index in [4.69, 9.17) is 22.8 Å². The molecular formula is C17H19ClN2O4S. The lowest BCUT2D eigenvalue weighted by Gasteiger charge is -2.17. The molecule has 1 rings (SSSR count). The molecule has 0 saturated heterocycles. The van der Waals surface area contributed by atoms with Crippen LogP contribution in [0.4, 0.5) is 0 Å². The number of ether oxygens (including phenoxy) is 1. The van der Waals surface area contributed by atoms with Crippen LogP contribution in [0.1, 0.15) is 16.8 Å². The summed E-state index contributed by atoms with van der Waals surface area (Å²) in [5.74, 6) is 1.29. The van der Waals surface area contributed by atoms with Crippen LogP contribution in [0, 0.1) is 12.3 Å². The predicted octanol–water partition coefficient (Wildman–Crippen LogP) is 1.48. The van der Waals surface area contributed by atoms with Crippen molar-refractivity contribution in [3.63, 3.8) is 0 Å². The Labute approximate surface area is 156 Å². The van der Waals surface area contributed by atoms with Gasteiger partial charge < -0.3 is 15.4 Å². The van der Waals surface area contributed by atoms with Gasteiger partial charge >= 0.3 is 5.97 Å². The van der Waals surface area contributed by atoms with E-state index in [9.17, 15) is 14.4 Å². The quantitative estimate of drug-likeness (QED) is 0.499. The SMILES string of the molecule is C#CCNC(=O)COC(=O)[C@H](CCSC)NC(=O)c1ccc(Cl)cc1. The van der Waals surface area contributed by atoms with E-state index in [0.717, 1.165) is 0 Å². The van der Waals surface area contributed by atoms with Gasteiger partial charge in [-0.05, 0) is 42.7 Å². The number of benzene rings is 1. The lowest BCUT2D eigenvalue weighted by atomic mass is 10.1. The highest BCUT2D eigenvalue weighted by Crippen LogP contribution is 2.10. The van der Waals surface area contributed by atoms with E-state index >= 15 is 0 Å². The smallest absolute Gasteiger partial charge is 0.329 e. The second kappa shape index (κ2) is 11.4. The third kappa shape index (κ3) is 7.96. The molecule has 0 aliphatic rings. The molecule has 0 saturated carbocycles. The molecule has 0 aromatic heterocycles. The van der Waals surface area contributed by atoms with E-state index in [1.165, 1.54) is 11.8 Å². The van der Waals surface area contributed by atoms with Gasteiger partial charge in [0.1, 0.15) is 6.04 Å². The van der Waals surface area contributed by atoms with Crippen molar-refractivity contribution in [2.24, 2.45) is 0 Å². The molecule has 0 unspecified atom stereocenters. The second-order valence-electron chi connectivity index (χ2n) is 4.90.